The van der Waals surface area contributed by atoms with E-state index in [-0.39, 0.29) is 0 Å². The van der Waals surface area contributed by atoms with Gasteiger partial charge in [-0.15, -0.1) is 10.2 Å². The van der Waals surface area contributed by atoms with E-state index in [0.29, 0.717) is 5.82 Å². The first-order valence-corrected chi connectivity index (χ1v) is 10.7. The molecular formula is C22H34N8. The maximum atomic E-state index is 4.39. The summed E-state index contributed by atoms with van der Waals surface area (Å²) >= 11 is 0. The highest BCUT2D eigenvalue weighted by Crippen LogP contribution is 2.40. The molecule has 0 aliphatic heterocycles. The predicted octanol–water partition coefficient (Wildman–Crippen LogP) is 3.70. The monoisotopic (exact) mass is 410 g/mol. The van der Waals surface area contributed by atoms with Crippen molar-refractivity contribution < 1.29 is 0 Å². The van der Waals surface area contributed by atoms with E-state index in [4.69, 9.17) is 0 Å². The molecule has 3 aromatic rings. The van der Waals surface area contributed by atoms with Crippen molar-refractivity contribution in [2.75, 3.05) is 25.5 Å². The highest BCUT2D eigenvalue weighted by molar-refractivity contribution is 5.85. The quantitative estimate of drug-likeness (QED) is 0.485. The van der Waals surface area contributed by atoms with E-state index in [1.807, 2.05) is 13.1 Å². The van der Waals surface area contributed by atoms with Gasteiger partial charge in [-0.2, -0.15) is 4.80 Å². The Morgan fingerprint density at radius 1 is 1.10 bits per heavy atom. The van der Waals surface area contributed by atoms with Crippen molar-refractivity contribution in [3.05, 3.63) is 35.8 Å². The third-order valence-corrected chi connectivity index (χ3v) is 4.34. The first kappa shape index (κ1) is 23.4. The largest absolute Gasteiger partial charge is 0.373 e. The minimum Gasteiger partial charge on any atom is -0.373 e. The molecular weight excluding hydrogens is 376 g/mol. The van der Waals surface area contributed by atoms with Crippen molar-refractivity contribution in [1.82, 2.24) is 35.5 Å². The number of tetrazole rings is 1. The Hall–Kier alpha value is -2.87. The fraction of sp³-hybridized carbons (Fsp3) is 0.500. The number of hydrogen-bond acceptors (Lipinski definition) is 7. The van der Waals surface area contributed by atoms with Gasteiger partial charge in [0.2, 0.25) is 5.82 Å². The molecule has 0 bridgehead atoms. The molecule has 1 aromatic carbocycles. The summed E-state index contributed by atoms with van der Waals surface area (Å²) in [7, 11) is 3.63. The van der Waals surface area contributed by atoms with Crippen LogP contribution in [0, 0.1) is 0 Å². The van der Waals surface area contributed by atoms with Gasteiger partial charge >= 0.3 is 0 Å². The van der Waals surface area contributed by atoms with Gasteiger partial charge in [-0.3, -0.25) is 0 Å². The lowest BCUT2D eigenvalue weighted by atomic mass is 10.0. The molecule has 4 rings (SSSR count). The Morgan fingerprint density at radius 3 is 2.43 bits per heavy atom. The summed E-state index contributed by atoms with van der Waals surface area (Å²) in [4.78, 5) is 10.1. The third kappa shape index (κ3) is 5.82. The molecule has 0 radical (unpaired) electrons. The Balaban J connectivity index is 0.000000305. The fourth-order valence-corrected chi connectivity index (χ4v) is 3.09. The number of aromatic nitrogens is 6. The van der Waals surface area contributed by atoms with Gasteiger partial charge in [-0.05, 0) is 41.9 Å². The molecule has 0 atom stereocenters. The highest BCUT2D eigenvalue weighted by atomic mass is 15.6. The fourth-order valence-electron chi connectivity index (χ4n) is 3.09. The zero-order valence-electron chi connectivity index (χ0n) is 19.0. The smallest absolute Gasteiger partial charge is 0.204 e. The van der Waals surface area contributed by atoms with Crippen molar-refractivity contribution in [2.45, 2.75) is 47.0 Å². The molecule has 1 aliphatic rings. The van der Waals surface area contributed by atoms with Crippen LogP contribution in [0.4, 0.5) is 5.82 Å². The summed E-state index contributed by atoms with van der Waals surface area (Å²) < 4.78 is 0. The Labute approximate surface area is 179 Å². The molecule has 0 fully saturated rings. The van der Waals surface area contributed by atoms with Gasteiger partial charge in [-0.1, -0.05) is 46.2 Å². The van der Waals surface area contributed by atoms with Gasteiger partial charge in [0.15, 0.2) is 0 Å². The van der Waals surface area contributed by atoms with Crippen molar-refractivity contribution in [2.24, 2.45) is 7.05 Å². The maximum Gasteiger partial charge on any atom is 0.204 e. The lowest BCUT2D eigenvalue weighted by Gasteiger charge is -2.06. The molecule has 0 unspecified atom stereocenters. The topological polar surface area (TPSA) is 93.4 Å². The lowest BCUT2D eigenvalue weighted by molar-refractivity contribution is 0.630. The number of anilines is 1. The Bertz CT molecular complexity index is 915. The molecule has 8 heteroatoms. The van der Waals surface area contributed by atoms with Crippen LogP contribution in [0.2, 0.25) is 0 Å². The molecule has 2 aromatic heterocycles. The highest BCUT2D eigenvalue weighted by Gasteiger charge is 2.24. The minimum absolute atomic E-state index is 0.635. The van der Waals surface area contributed by atoms with Crippen molar-refractivity contribution in [1.29, 1.82) is 0 Å². The van der Waals surface area contributed by atoms with Crippen LogP contribution in [0.5, 0.6) is 0 Å². The van der Waals surface area contributed by atoms with Crippen LogP contribution in [0.3, 0.4) is 0 Å². The van der Waals surface area contributed by atoms with Crippen LogP contribution in [-0.4, -0.2) is 50.3 Å². The number of nitrogens with zero attached hydrogens (tertiary/aromatic N) is 6. The normalized spacial score (nSPS) is 10.9. The number of rotatable bonds is 5. The second-order valence-electron chi connectivity index (χ2n) is 7.01. The molecule has 0 spiro atoms. The van der Waals surface area contributed by atoms with E-state index < -0.39 is 0 Å². The van der Waals surface area contributed by atoms with Gasteiger partial charge in [-0.25, -0.2) is 9.97 Å². The molecule has 1 aliphatic carbocycles. The van der Waals surface area contributed by atoms with Gasteiger partial charge < -0.3 is 10.6 Å². The van der Waals surface area contributed by atoms with Gasteiger partial charge in [0.25, 0.3) is 0 Å². The van der Waals surface area contributed by atoms with Crippen LogP contribution in [0.15, 0.2) is 24.5 Å². The van der Waals surface area contributed by atoms with Crippen molar-refractivity contribution in [3.8, 4) is 22.5 Å². The predicted molar refractivity (Wildman–Crippen MR) is 122 cm³/mol. The van der Waals surface area contributed by atoms with Crippen LogP contribution in [0.1, 0.15) is 51.8 Å². The number of hydrogen-bond donors (Lipinski definition) is 2. The molecule has 2 heterocycles. The van der Waals surface area contributed by atoms with Crippen molar-refractivity contribution >= 4 is 5.82 Å². The Morgan fingerprint density at radius 2 is 1.87 bits per heavy atom. The summed E-state index contributed by atoms with van der Waals surface area (Å²) in [5.74, 6) is 1.50. The van der Waals surface area contributed by atoms with Crippen molar-refractivity contribution in [3.63, 3.8) is 0 Å². The second-order valence-corrected chi connectivity index (χ2v) is 7.01. The van der Waals surface area contributed by atoms with E-state index in [1.54, 1.807) is 13.4 Å². The molecule has 0 amide bonds. The number of fused-ring (bicyclic) bond motifs is 3. The maximum absolute atomic E-state index is 4.39. The average Bonchev–Trinajstić information content (AvgIpc) is 3.35. The van der Waals surface area contributed by atoms with E-state index >= 15 is 0 Å². The summed E-state index contributed by atoms with van der Waals surface area (Å²) in [6.45, 7) is 10.8. The average molecular weight is 411 g/mol. The van der Waals surface area contributed by atoms with E-state index in [2.05, 4.69) is 75.8 Å². The van der Waals surface area contributed by atoms with Crippen LogP contribution in [0.25, 0.3) is 22.5 Å². The van der Waals surface area contributed by atoms with Crippen LogP contribution < -0.4 is 10.6 Å². The van der Waals surface area contributed by atoms with Crippen LogP contribution in [-0.2, 0) is 13.5 Å². The van der Waals surface area contributed by atoms with Gasteiger partial charge in [0.1, 0.15) is 12.1 Å². The molecule has 0 saturated heterocycles. The molecule has 2 N–H and O–H groups in total. The summed E-state index contributed by atoms with van der Waals surface area (Å²) in [6.07, 6.45) is 4.89. The summed E-state index contributed by atoms with van der Waals surface area (Å²) in [5.41, 5.74) is 5.49. The molecule has 8 nitrogen and oxygen atoms in total. The van der Waals surface area contributed by atoms with E-state index in [0.717, 1.165) is 42.1 Å². The van der Waals surface area contributed by atoms with Gasteiger partial charge in [0.05, 0.1) is 12.7 Å². The second kappa shape index (κ2) is 12.0. The minimum atomic E-state index is 0.635. The zero-order chi connectivity index (χ0) is 21.9. The van der Waals surface area contributed by atoms with Crippen LogP contribution >= 0.6 is 0 Å². The lowest BCUT2D eigenvalue weighted by Crippen LogP contribution is -2.12. The molecule has 0 saturated carbocycles. The number of nitrogens with one attached hydrogen (secondary N) is 2. The molecule has 162 valence electrons. The number of benzene rings is 1. The Kier molecular flexibility index (Phi) is 9.34. The summed E-state index contributed by atoms with van der Waals surface area (Å²) in [5, 5.41) is 18.5. The molecule has 30 heavy (non-hydrogen) atoms. The third-order valence-electron chi connectivity index (χ3n) is 4.34. The first-order valence-electron chi connectivity index (χ1n) is 10.7. The standard InChI is InChI=1S/C14H13N7.C5H13N.C3H8/c1-15-14-12-10-4-3-8(13-18-20-21(2)19-13)5-9(10)6-11(12)16-7-17-14;1-3-5-6-4-2;1-3-2/h3-5,7H,6H2,1-2H3,(H,15,16,17);6H,3-5H2,1-2H3;3H2,1-2H3. The first-order chi connectivity index (χ1) is 14.6. The summed E-state index contributed by atoms with van der Waals surface area (Å²) in [6, 6.07) is 6.20. The zero-order valence-corrected chi connectivity index (χ0v) is 19.0. The van der Waals surface area contributed by atoms with Gasteiger partial charge in [0, 0.05) is 24.6 Å². The SMILES string of the molecule is CCC.CCCNCC.CNc1ncnc2c1-c1ccc(-c3nnn(C)n3)cc1C2. The van der Waals surface area contributed by atoms with E-state index in [1.165, 1.54) is 28.8 Å². The number of aryl methyl sites for hydroxylation is 1. The van der Waals surface area contributed by atoms with E-state index in [9.17, 15) is 0 Å².